The number of hydrogen-bond donors (Lipinski definition) is 0. The molecule has 1 unspecified atom stereocenters. The summed E-state index contributed by atoms with van der Waals surface area (Å²) >= 11 is 6.79. The van der Waals surface area contributed by atoms with Crippen molar-refractivity contribution < 1.29 is 4.21 Å². The van der Waals surface area contributed by atoms with E-state index in [-0.39, 0.29) is 0 Å². The van der Waals surface area contributed by atoms with Gasteiger partial charge in [-0.05, 0) is 40.2 Å². The molecule has 1 aromatic heterocycles. The standard InChI is InChI=1S/C9H7Br2NOS/c1-14(13)12-8-3-2-7(10)4-6(8)5-9(12)11/h2-5H,1H3. The van der Waals surface area contributed by atoms with E-state index in [1.54, 1.807) is 10.2 Å². The zero-order valence-electron chi connectivity index (χ0n) is 7.33. The molecule has 2 aromatic rings. The average molecular weight is 337 g/mol. The largest absolute Gasteiger partial charge is 0.253 e. The van der Waals surface area contributed by atoms with Crippen LogP contribution in [0.1, 0.15) is 0 Å². The topological polar surface area (TPSA) is 22.0 Å². The van der Waals surface area contributed by atoms with Crippen LogP contribution in [-0.2, 0) is 11.0 Å². The predicted octanol–water partition coefficient (Wildman–Crippen LogP) is 3.31. The van der Waals surface area contributed by atoms with Gasteiger partial charge >= 0.3 is 0 Å². The van der Waals surface area contributed by atoms with Gasteiger partial charge in [-0.25, -0.2) is 4.21 Å². The fourth-order valence-electron chi connectivity index (χ4n) is 1.39. The number of aromatic nitrogens is 1. The molecule has 2 nitrogen and oxygen atoms in total. The molecule has 0 fully saturated rings. The van der Waals surface area contributed by atoms with E-state index < -0.39 is 11.0 Å². The third kappa shape index (κ3) is 1.68. The van der Waals surface area contributed by atoms with Crippen molar-refractivity contribution in [3.05, 3.63) is 33.3 Å². The van der Waals surface area contributed by atoms with E-state index in [0.717, 1.165) is 20.0 Å². The van der Waals surface area contributed by atoms with Gasteiger partial charge in [0, 0.05) is 16.1 Å². The van der Waals surface area contributed by atoms with Crippen molar-refractivity contribution in [1.82, 2.24) is 3.97 Å². The van der Waals surface area contributed by atoms with Gasteiger partial charge in [-0.2, -0.15) is 0 Å². The molecular weight excluding hydrogens is 330 g/mol. The van der Waals surface area contributed by atoms with E-state index in [1.807, 2.05) is 24.3 Å². The third-order valence-corrected chi connectivity index (χ3v) is 4.15. The zero-order chi connectivity index (χ0) is 10.3. The summed E-state index contributed by atoms with van der Waals surface area (Å²) < 4.78 is 15.1. The van der Waals surface area contributed by atoms with E-state index in [4.69, 9.17) is 0 Å². The Balaban J connectivity index is 2.84. The molecule has 0 aliphatic carbocycles. The van der Waals surface area contributed by atoms with Gasteiger partial charge in [-0.1, -0.05) is 15.9 Å². The first kappa shape index (κ1) is 10.4. The van der Waals surface area contributed by atoms with Gasteiger partial charge in [0.15, 0.2) is 0 Å². The Morgan fingerprint density at radius 3 is 2.64 bits per heavy atom. The summed E-state index contributed by atoms with van der Waals surface area (Å²) in [6.45, 7) is 0. The Kier molecular flexibility index (Phi) is 2.81. The van der Waals surface area contributed by atoms with Crippen LogP contribution in [0, 0.1) is 0 Å². The Morgan fingerprint density at radius 1 is 1.29 bits per heavy atom. The lowest BCUT2D eigenvalue weighted by Gasteiger charge is -2.01. The fraction of sp³-hybridized carbons (Fsp3) is 0.111. The molecule has 0 aliphatic heterocycles. The maximum Gasteiger partial charge on any atom is 0.121 e. The number of nitrogens with zero attached hydrogens (tertiary/aromatic N) is 1. The normalized spacial score (nSPS) is 13.4. The Labute approximate surface area is 101 Å². The van der Waals surface area contributed by atoms with Gasteiger partial charge in [-0.15, -0.1) is 0 Å². The molecule has 0 radical (unpaired) electrons. The third-order valence-electron chi connectivity index (χ3n) is 1.93. The van der Waals surface area contributed by atoms with Crippen molar-refractivity contribution in [2.24, 2.45) is 0 Å². The van der Waals surface area contributed by atoms with Crippen LogP contribution in [-0.4, -0.2) is 14.4 Å². The molecule has 0 amide bonds. The maximum atomic E-state index is 11.5. The van der Waals surface area contributed by atoms with Crippen LogP contribution in [0.15, 0.2) is 33.3 Å². The molecule has 0 spiro atoms. The van der Waals surface area contributed by atoms with E-state index in [1.165, 1.54) is 0 Å². The molecule has 2 rings (SSSR count). The van der Waals surface area contributed by atoms with E-state index in [9.17, 15) is 4.21 Å². The molecule has 14 heavy (non-hydrogen) atoms. The molecule has 74 valence electrons. The molecule has 5 heteroatoms. The highest BCUT2D eigenvalue weighted by Crippen LogP contribution is 2.27. The Hall–Kier alpha value is -0.130. The van der Waals surface area contributed by atoms with Crippen LogP contribution in [0.25, 0.3) is 10.9 Å². The van der Waals surface area contributed by atoms with Gasteiger partial charge in [0.25, 0.3) is 0 Å². The molecule has 0 saturated heterocycles. The zero-order valence-corrected chi connectivity index (χ0v) is 11.3. The monoisotopic (exact) mass is 335 g/mol. The van der Waals surface area contributed by atoms with Gasteiger partial charge in [0.1, 0.15) is 11.0 Å². The predicted molar refractivity (Wildman–Crippen MR) is 66.8 cm³/mol. The molecule has 0 saturated carbocycles. The first-order valence-corrected chi connectivity index (χ1v) is 7.00. The molecule has 0 aliphatic rings. The van der Waals surface area contributed by atoms with Crippen molar-refractivity contribution >= 4 is 53.7 Å². The molecule has 0 N–H and O–H groups in total. The Bertz CT molecular complexity index is 521. The molecule has 1 atom stereocenters. The minimum Gasteiger partial charge on any atom is -0.253 e. The second kappa shape index (κ2) is 3.79. The summed E-state index contributed by atoms with van der Waals surface area (Å²) in [6.07, 6.45) is 1.66. The summed E-state index contributed by atoms with van der Waals surface area (Å²) in [4.78, 5) is 0. The van der Waals surface area contributed by atoms with Crippen LogP contribution in [0.2, 0.25) is 0 Å². The Morgan fingerprint density at radius 2 is 2.00 bits per heavy atom. The highest BCUT2D eigenvalue weighted by molar-refractivity contribution is 9.10. The highest BCUT2D eigenvalue weighted by Gasteiger charge is 2.08. The second-order valence-electron chi connectivity index (χ2n) is 2.89. The van der Waals surface area contributed by atoms with Gasteiger partial charge < -0.3 is 0 Å². The van der Waals surface area contributed by atoms with Crippen LogP contribution in [0.4, 0.5) is 0 Å². The quantitative estimate of drug-likeness (QED) is 0.783. The lowest BCUT2D eigenvalue weighted by Crippen LogP contribution is -2.00. The van der Waals surface area contributed by atoms with Crippen molar-refractivity contribution in [2.75, 3.05) is 6.26 Å². The van der Waals surface area contributed by atoms with Crippen LogP contribution in [0.3, 0.4) is 0 Å². The first-order valence-electron chi connectivity index (χ1n) is 3.90. The number of benzene rings is 1. The second-order valence-corrected chi connectivity index (χ2v) is 5.83. The van der Waals surface area contributed by atoms with Crippen LogP contribution >= 0.6 is 31.9 Å². The average Bonchev–Trinajstić information content (AvgIpc) is 2.39. The smallest absolute Gasteiger partial charge is 0.121 e. The number of hydrogen-bond acceptors (Lipinski definition) is 1. The van der Waals surface area contributed by atoms with Crippen LogP contribution in [0.5, 0.6) is 0 Å². The maximum absolute atomic E-state index is 11.5. The van der Waals surface area contributed by atoms with Gasteiger partial charge in [-0.3, -0.25) is 3.97 Å². The lowest BCUT2D eigenvalue weighted by atomic mass is 10.3. The number of rotatable bonds is 1. The lowest BCUT2D eigenvalue weighted by molar-refractivity contribution is 0.682. The molecular formula is C9H7Br2NOS. The summed E-state index contributed by atoms with van der Waals surface area (Å²) in [5.41, 5.74) is 0.973. The van der Waals surface area contributed by atoms with Gasteiger partial charge in [0.2, 0.25) is 0 Å². The minimum absolute atomic E-state index is 0.839. The first-order chi connectivity index (χ1) is 6.59. The van der Waals surface area contributed by atoms with Gasteiger partial charge in [0.05, 0.1) is 10.1 Å². The van der Waals surface area contributed by atoms with Crippen LogP contribution < -0.4 is 0 Å². The van der Waals surface area contributed by atoms with E-state index in [2.05, 4.69) is 31.9 Å². The summed E-state index contributed by atoms with van der Waals surface area (Å²) in [7, 11) is -1.04. The fourth-order valence-corrected chi connectivity index (χ4v) is 3.56. The summed E-state index contributed by atoms with van der Waals surface area (Å²) in [5.74, 6) is 0. The van der Waals surface area contributed by atoms with Crippen molar-refractivity contribution in [2.45, 2.75) is 0 Å². The molecule has 1 heterocycles. The summed E-state index contributed by atoms with van der Waals surface area (Å²) in [6, 6.07) is 7.86. The summed E-state index contributed by atoms with van der Waals surface area (Å²) in [5, 5.41) is 1.07. The molecule has 0 bridgehead atoms. The number of fused-ring (bicyclic) bond motifs is 1. The number of halogens is 2. The molecule has 1 aromatic carbocycles. The van der Waals surface area contributed by atoms with E-state index >= 15 is 0 Å². The van der Waals surface area contributed by atoms with Crippen molar-refractivity contribution in [1.29, 1.82) is 0 Å². The van der Waals surface area contributed by atoms with E-state index in [0.29, 0.717) is 0 Å². The SMILES string of the molecule is CS(=O)n1c(Br)cc2cc(Br)ccc21. The minimum atomic E-state index is -1.04. The van der Waals surface area contributed by atoms with Crippen molar-refractivity contribution in [3.8, 4) is 0 Å². The van der Waals surface area contributed by atoms with Crippen molar-refractivity contribution in [3.63, 3.8) is 0 Å². The highest BCUT2D eigenvalue weighted by atomic mass is 79.9.